The number of nitrogens with two attached hydrogens (primary N) is 1. The van der Waals surface area contributed by atoms with Gasteiger partial charge in [-0.1, -0.05) is 0 Å². The molecule has 16 nitrogen and oxygen atoms in total. The van der Waals surface area contributed by atoms with Crippen LogP contribution in [0.5, 0.6) is 0 Å². The topological polar surface area (TPSA) is 265 Å². The number of hydrogen-bond donors (Lipinski definition) is 6. The highest BCUT2D eigenvalue weighted by Gasteiger charge is 2.08. The van der Waals surface area contributed by atoms with Crippen molar-refractivity contribution >= 4 is 125 Å². The van der Waals surface area contributed by atoms with E-state index < -0.39 is 5.97 Å². The molecule has 0 unspecified atom stereocenters. The molecule has 416 valence electrons. The van der Waals surface area contributed by atoms with Crippen LogP contribution in [0.3, 0.4) is 0 Å². The number of aliphatic hydroxyl groups is 1. The van der Waals surface area contributed by atoms with E-state index >= 15 is 0 Å². The van der Waals surface area contributed by atoms with Gasteiger partial charge in [-0.05, 0) is 233 Å². The van der Waals surface area contributed by atoms with Gasteiger partial charge in [0.25, 0.3) is 0 Å². The molecule has 0 radical (unpaired) electrons. The summed E-state index contributed by atoms with van der Waals surface area (Å²) < 4.78 is 9.11. The maximum absolute atomic E-state index is 11.1. The van der Waals surface area contributed by atoms with Crippen molar-refractivity contribution in [2.75, 3.05) is 19.7 Å². The summed E-state index contributed by atoms with van der Waals surface area (Å²) in [5.74, 6) is -0.785. The van der Waals surface area contributed by atoms with Gasteiger partial charge >= 0.3 is 11.9 Å². The molecule has 0 bridgehead atoms. The summed E-state index contributed by atoms with van der Waals surface area (Å²) in [6.07, 6.45) is 26.9. The molecule has 7 N–H and O–H groups in total. The number of aromatic nitrogens is 7. The van der Waals surface area contributed by atoms with Crippen LogP contribution in [-0.2, 0) is 36.6 Å². The van der Waals surface area contributed by atoms with Crippen molar-refractivity contribution < 1.29 is 24.5 Å². The number of carbonyl (C=O) groups excluding carboxylic acids is 1. The van der Waals surface area contributed by atoms with Crippen molar-refractivity contribution in [3.63, 3.8) is 0 Å². The summed E-state index contributed by atoms with van der Waals surface area (Å²) in [5, 5.41) is 40.7. The molecule has 0 saturated heterocycles. The maximum Gasteiger partial charge on any atom is 0.339 e. The Kier molecular flexibility index (Phi) is 31.2. The number of nitrogens with zero attached hydrogens (tertiary/aromatic N) is 7. The van der Waals surface area contributed by atoms with Crippen molar-refractivity contribution in [3.05, 3.63) is 214 Å². The van der Waals surface area contributed by atoms with Crippen LogP contribution in [-0.4, -0.2) is 76.7 Å². The predicted octanol–water partition coefficient (Wildman–Crippen LogP) is 14.1. The van der Waals surface area contributed by atoms with Gasteiger partial charge in [-0.15, -0.1) is 11.6 Å². The third-order valence-corrected chi connectivity index (χ3v) is 13.3. The van der Waals surface area contributed by atoms with Gasteiger partial charge in [0.2, 0.25) is 0 Å². The van der Waals surface area contributed by atoms with Crippen molar-refractivity contribution in [2.45, 2.75) is 64.5 Å². The molecule has 0 aliphatic rings. The smallest absolute Gasteiger partial charge is 0.339 e. The number of nitriles is 2. The number of benzene rings is 2. The van der Waals surface area contributed by atoms with E-state index in [0.29, 0.717) is 33.6 Å². The Morgan fingerprint density at radius 2 is 1.07 bits per heavy atom. The van der Waals surface area contributed by atoms with Crippen LogP contribution >= 0.6 is 91.3 Å². The minimum Gasteiger partial charge on any atom is -0.478 e. The van der Waals surface area contributed by atoms with E-state index in [2.05, 4.69) is 144 Å². The van der Waals surface area contributed by atoms with Gasteiger partial charge in [0.05, 0.1) is 47.6 Å². The lowest BCUT2D eigenvalue weighted by molar-refractivity contribution is 0.0525. The molecule has 22 heteroatoms. The zero-order chi connectivity index (χ0) is 58.1. The molecule has 0 saturated carbocycles. The Morgan fingerprint density at radius 1 is 0.625 bits per heavy atom. The average molecular weight is 1420 g/mol. The molecule has 0 amide bonds. The van der Waals surface area contributed by atoms with Gasteiger partial charge in [0, 0.05) is 131 Å². The number of fused-ring (bicyclic) bond motifs is 2. The van der Waals surface area contributed by atoms with Crippen molar-refractivity contribution in [1.82, 2.24) is 40.2 Å². The number of pyridine rings is 5. The Balaban J connectivity index is 0.000000216. The standard InChI is InChI=1S/C19H19BrN4.C13H15N3.C8H8BrNO2.C6H5BrClN.C6H4BrNO2.C6H6BrNO/c20-17-7-15(11-23-13-17)10-22-6-2-1-3-16-12-24-19-5-4-14(9-21)8-18(16)19;14-6-2-1-3-11-9-16-13-5-4-10(8-15)7-12(11)13;1-2-12-8(11)6-3-7(9)5-10-4-6;7-6-1-5(2-8)3-9-4-6;7-5-1-4(6(9)10)2-8-3-5;7-6-1-5(4-9)2-8-3-6/h4-5,7-8,11-13,22,24H,1-3,6,10H2;4-5,7,9,16H,1-3,6,14H2;3-5H,2H2,1H3;1,3-4H,2H2;1-3H,(H,9,10);1-3,9H,4H2. The second-order valence-electron chi connectivity index (χ2n) is 16.9. The molecule has 7 aromatic heterocycles. The summed E-state index contributed by atoms with van der Waals surface area (Å²) in [5.41, 5.74) is 15.4. The largest absolute Gasteiger partial charge is 0.478 e. The third-order valence-electron chi connectivity index (χ3n) is 10.9. The Bertz CT molecular complexity index is 3400. The van der Waals surface area contributed by atoms with Gasteiger partial charge in [0.1, 0.15) is 0 Å². The van der Waals surface area contributed by atoms with Gasteiger partial charge in [-0.3, -0.25) is 24.9 Å². The summed E-state index contributed by atoms with van der Waals surface area (Å²) in [4.78, 5) is 47.4. The quantitative estimate of drug-likeness (QED) is 0.0299. The molecule has 0 aliphatic carbocycles. The number of aryl methyl sites for hydroxylation is 2. The first-order valence-electron chi connectivity index (χ1n) is 24.7. The number of carboxylic acid groups (broad SMARTS) is 1. The summed E-state index contributed by atoms with van der Waals surface area (Å²) in [7, 11) is 0. The number of halogens is 6. The van der Waals surface area contributed by atoms with Gasteiger partial charge < -0.3 is 36.0 Å². The van der Waals surface area contributed by atoms with Crippen LogP contribution in [0.2, 0.25) is 0 Å². The fourth-order valence-electron chi connectivity index (χ4n) is 7.06. The number of ether oxygens (including phenoxy) is 1. The number of carbonyl (C=O) groups is 2. The lowest BCUT2D eigenvalue weighted by Crippen LogP contribution is -2.14. The van der Waals surface area contributed by atoms with Gasteiger partial charge in [-0.25, -0.2) is 9.59 Å². The molecule has 7 heterocycles. The second-order valence-corrected chi connectivity index (χ2v) is 21.7. The van der Waals surface area contributed by atoms with Crippen LogP contribution in [0, 0.1) is 22.7 Å². The van der Waals surface area contributed by atoms with Crippen LogP contribution in [0.25, 0.3) is 21.8 Å². The number of alkyl halides is 1. The predicted molar refractivity (Wildman–Crippen MR) is 331 cm³/mol. The van der Waals surface area contributed by atoms with Gasteiger partial charge in [-0.2, -0.15) is 10.5 Å². The van der Waals surface area contributed by atoms with E-state index in [1.807, 2.05) is 60.9 Å². The number of H-pyrrole nitrogens is 2. The number of aromatic carboxylic acids is 1. The number of aromatic amines is 2. The van der Waals surface area contributed by atoms with Crippen LogP contribution in [0.4, 0.5) is 0 Å². The molecule has 0 spiro atoms. The Hall–Kier alpha value is -6.24. The zero-order valence-corrected chi connectivity index (χ0v) is 52.0. The van der Waals surface area contributed by atoms with Crippen LogP contribution < -0.4 is 11.1 Å². The average Bonchev–Trinajstić information content (AvgIpc) is 4.07. The number of carboxylic acids is 1. The lowest BCUT2D eigenvalue weighted by atomic mass is 10.1. The number of esters is 1. The number of rotatable bonds is 16. The molecule has 2 aromatic carbocycles. The Labute approximate surface area is 511 Å². The van der Waals surface area contributed by atoms with E-state index in [9.17, 15) is 9.59 Å². The second kappa shape index (κ2) is 37.6. The molecule has 9 aromatic rings. The summed E-state index contributed by atoms with van der Waals surface area (Å²) in [6.45, 7) is 4.76. The minimum atomic E-state index is -0.964. The van der Waals surface area contributed by atoms with E-state index in [1.165, 1.54) is 46.7 Å². The minimum absolute atomic E-state index is 0.0481. The highest BCUT2D eigenvalue weighted by atomic mass is 79.9. The highest BCUT2D eigenvalue weighted by Crippen LogP contribution is 2.23. The molecule has 80 heavy (non-hydrogen) atoms. The Morgan fingerprint density at radius 3 is 1.50 bits per heavy atom. The first-order valence-corrected chi connectivity index (χ1v) is 29.2. The number of aliphatic hydroxyl groups excluding tert-OH is 1. The first-order chi connectivity index (χ1) is 38.7. The fraction of sp³-hybridized carbons (Fsp3) is 0.224. The third kappa shape index (κ3) is 24.6. The van der Waals surface area contributed by atoms with E-state index in [-0.39, 0.29) is 18.1 Å². The maximum atomic E-state index is 11.1. The summed E-state index contributed by atoms with van der Waals surface area (Å²) in [6, 6.07) is 24.9. The molecule has 0 fully saturated rings. The highest BCUT2D eigenvalue weighted by molar-refractivity contribution is 9.11. The zero-order valence-electron chi connectivity index (χ0n) is 43.4. The SMILES string of the molecule is CCOC(=O)c1cncc(Br)c1.ClCc1cncc(Br)c1.N#Cc1ccc2[nH]cc(CCCCN)c2c1.N#Cc1ccc2[nH]cc(CCCCNCc3cncc(Br)c3)c2c1.O=C(O)c1cncc(Br)c1.OCc1cncc(Br)c1. The fourth-order valence-corrected chi connectivity index (χ4v) is 9.17. The number of unbranched alkanes of at least 4 members (excludes halogenated alkanes) is 2. The first kappa shape index (κ1) is 66.3. The lowest BCUT2D eigenvalue weighted by Gasteiger charge is -2.05. The molecule has 0 aliphatic heterocycles. The monoisotopic (exact) mass is 1420 g/mol. The van der Waals surface area contributed by atoms with Crippen molar-refractivity contribution in [1.29, 1.82) is 10.5 Å². The van der Waals surface area contributed by atoms with Crippen molar-refractivity contribution in [2.24, 2.45) is 5.73 Å². The van der Waals surface area contributed by atoms with Crippen LogP contribution in [0.15, 0.2) is 163 Å². The van der Waals surface area contributed by atoms with Crippen molar-refractivity contribution in [3.8, 4) is 12.1 Å². The number of hydrogen-bond acceptors (Lipinski definition) is 13. The van der Waals surface area contributed by atoms with Crippen LogP contribution in [0.1, 0.15) is 92.3 Å². The van der Waals surface area contributed by atoms with Gasteiger partial charge in [0.15, 0.2) is 0 Å². The molecular formula is C58H57Br5ClN11O5. The molecule has 9 rings (SSSR count). The van der Waals surface area contributed by atoms with E-state index in [1.54, 1.807) is 50.2 Å². The number of nitrogens with one attached hydrogen (secondary N) is 3. The van der Waals surface area contributed by atoms with E-state index in [4.69, 9.17) is 42.8 Å². The van der Waals surface area contributed by atoms with E-state index in [0.717, 1.165) is 104 Å². The molecule has 0 atom stereocenters. The normalized spacial score (nSPS) is 10.1. The summed E-state index contributed by atoms with van der Waals surface area (Å²) >= 11 is 21.8. The molecular weight excluding hydrogens is 1370 g/mol.